The minimum absolute atomic E-state index is 0.114. The smallest absolute Gasteiger partial charge is 0.405 e. The lowest BCUT2D eigenvalue weighted by Crippen LogP contribution is -2.44. The van der Waals surface area contributed by atoms with Crippen LogP contribution in [0.3, 0.4) is 0 Å². The van der Waals surface area contributed by atoms with Gasteiger partial charge in [-0.1, -0.05) is 30.3 Å². The van der Waals surface area contributed by atoms with E-state index in [1.807, 2.05) is 44.2 Å². The summed E-state index contributed by atoms with van der Waals surface area (Å²) in [5.41, 5.74) is 1.22. The SMILES string of the molecule is COCC(CC(=N)Cc1ccccc1)CC(C)(C)NC(=O)O. The molecule has 0 bridgehead atoms. The zero-order valence-corrected chi connectivity index (χ0v) is 13.6. The van der Waals surface area contributed by atoms with Crippen molar-refractivity contribution in [3.63, 3.8) is 0 Å². The van der Waals surface area contributed by atoms with Gasteiger partial charge in [0.05, 0.1) is 0 Å². The minimum atomic E-state index is -1.03. The minimum Gasteiger partial charge on any atom is -0.465 e. The van der Waals surface area contributed by atoms with Crippen LogP contribution in [0.2, 0.25) is 0 Å². The number of methoxy groups -OCH3 is 1. The summed E-state index contributed by atoms with van der Waals surface area (Å²) in [6.07, 6.45) is 0.826. The second-order valence-corrected chi connectivity index (χ2v) is 6.31. The fourth-order valence-corrected chi connectivity index (χ4v) is 2.75. The molecule has 5 heteroatoms. The van der Waals surface area contributed by atoms with Crippen molar-refractivity contribution in [2.45, 2.75) is 38.6 Å². The van der Waals surface area contributed by atoms with Gasteiger partial charge in [-0.15, -0.1) is 0 Å². The molecule has 122 valence electrons. The van der Waals surface area contributed by atoms with Gasteiger partial charge in [-0.2, -0.15) is 0 Å². The van der Waals surface area contributed by atoms with Gasteiger partial charge in [-0.25, -0.2) is 4.79 Å². The van der Waals surface area contributed by atoms with E-state index in [0.717, 1.165) is 5.56 Å². The molecule has 5 nitrogen and oxygen atoms in total. The zero-order chi connectivity index (χ0) is 16.6. The fraction of sp³-hybridized carbons (Fsp3) is 0.529. The van der Waals surface area contributed by atoms with Gasteiger partial charge in [-0.3, -0.25) is 0 Å². The third-order valence-corrected chi connectivity index (χ3v) is 3.44. The van der Waals surface area contributed by atoms with Gasteiger partial charge in [0.1, 0.15) is 0 Å². The van der Waals surface area contributed by atoms with Crippen molar-refractivity contribution in [3.05, 3.63) is 35.9 Å². The predicted molar refractivity (Wildman–Crippen MR) is 87.7 cm³/mol. The van der Waals surface area contributed by atoms with E-state index in [0.29, 0.717) is 31.6 Å². The van der Waals surface area contributed by atoms with Crippen molar-refractivity contribution in [2.75, 3.05) is 13.7 Å². The number of nitrogens with one attached hydrogen (secondary N) is 2. The van der Waals surface area contributed by atoms with Gasteiger partial charge in [0.2, 0.25) is 0 Å². The Labute approximate surface area is 132 Å². The second kappa shape index (κ2) is 8.54. The molecule has 1 aromatic carbocycles. The maximum absolute atomic E-state index is 10.8. The van der Waals surface area contributed by atoms with Crippen LogP contribution in [0.15, 0.2) is 30.3 Å². The molecule has 0 aliphatic heterocycles. The Balaban J connectivity index is 2.59. The molecule has 1 amide bonds. The van der Waals surface area contributed by atoms with Gasteiger partial charge >= 0.3 is 6.09 Å². The van der Waals surface area contributed by atoms with Crippen molar-refractivity contribution in [1.29, 1.82) is 5.41 Å². The lowest BCUT2D eigenvalue weighted by atomic mass is 9.86. The molecule has 1 rings (SSSR count). The molecular formula is C17H26N2O3. The Bertz CT molecular complexity index is 486. The lowest BCUT2D eigenvalue weighted by molar-refractivity contribution is 0.129. The van der Waals surface area contributed by atoms with Gasteiger partial charge in [0.15, 0.2) is 0 Å². The molecule has 1 atom stereocenters. The first-order valence-corrected chi connectivity index (χ1v) is 7.42. The molecule has 0 saturated heterocycles. The molecule has 3 N–H and O–H groups in total. The Hall–Kier alpha value is -1.88. The van der Waals surface area contributed by atoms with Crippen LogP contribution in [-0.4, -0.2) is 36.2 Å². The zero-order valence-electron chi connectivity index (χ0n) is 13.6. The quantitative estimate of drug-likeness (QED) is 0.612. The summed E-state index contributed by atoms with van der Waals surface area (Å²) < 4.78 is 5.23. The molecule has 22 heavy (non-hydrogen) atoms. The first-order valence-electron chi connectivity index (χ1n) is 7.42. The van der Waals surface area contributed by atoms with Crippen molar-refractivity contribution >= 4 is 11.8 Å². The number of amides is 1. The van der Waals surface area contributed by atoms with Gasteiger partial charge in [0.25, 0.3) is 0 Å². The number of hydrogen-bond donors (Lipinski definition) is 3. The number of rotatable bonds is 9. The molecule has 0 heterocycles. The Morgan fingerprint density at radius 1 is 1.36 bits per heavy atom. The molecule has 1 unspecified atom stereocenters. The molecule has 0 radical (unpaired) electrons. The van der Waals surface area contributed by atoms with E-state index in [9.17, 15) is 4.79 Å². The largest absolute Gasteiger partial charge is 0.465 e. The van der Waals surface area contributed by atoms with Crippen LogP contribution in [0.4, 0.5) is 4.79 Å². The predicted octanol–water partition coefficient (Wildman–Crippen LogP) is 3.34. The topological polar surface area (TPSA) is 82.4 Å². The molecule has 0 spiro atoms. The Morgan fingerprint density at radius 3 is 2.55 bits per heavy atom. The number of ether oxygens (including phenoxy) is 1. The maximum Gasteiger partial charge on any atom is 0.405 e. The summed E-state index contributed by atoms with van der Waals surface area (Å²) >= 11 is 0. The number of hydrogen-bond acceptors (Lipinski definition) is 3. The lowest BCUT2D eigenvalue weighted by Gasteiger charge is -2.29. The fourth-order valence-electron chi connectivity index (χ4n) is 2.75. The monoisotopic (exact) mass is 306 g/mol. The highest BCUT2D eigenvalue weighted by atomic mass is 16.5. The Morgan fingerprint density at radius 2 is 2.00 bits per heavy atom. The summed E-state index contributed by atoms with van der Waals surface area (Å²) in [5.74, 6) is 0.114. The summed E-state index contributed by atoms with van der Waals surface area (Å²) in [4.78, 5) is 10.8. The first-order chi connectivity index (χ1) is 10.3. The van der Waals surface area contributed by atoms with Crippen molar-refractivity contribution < 1.29 is 14.6 Å². The van der Waals surface area contributed by atoms with E-state index in [1.54, 1.807) is 7.11 Å². The van der Waals surface area contributed by atoms with Crippen LogP contribution < -0.4 is 5.32 Å². The third kappa shape index (κ3) is 7.22. The van der Waals surface area contributed by atoms with E-state index in [4.69, 9.17) is 15.3 Å². The average molecular weight is 306 g/mol. The van der Waals surface area contributed by atoms with Crippen molar-refractivity contribution in [3.8, 4) is 0 Å². The van der Waals surface area contributed by atoms with Crippen LogP contribution in [0.5, 0.6) is 0 Å². The highest BCUT2D eigenvalue weighted by Gasteiger charge is 2.25. The van der Waals surface area contributed by atoms with Crippen LogP contribution >= 0.6 is 0 Å². The normalized spacial score (nSPS) is 12.7. The summed E-state index contributed by atoms with van der Waals surface area (Å²) in [6, 6.07) is 9.91. The molecule has 0 saturated carbocycles. The summed E-state index contributed by atoms with van der Waals surface area (Å²) in [6.45, 7) is 4.22. The molecule has 0 aliphatic carbocycles. The van der Waals surface area contributed by atoms with Crippen LogP contribution in [0.1, 0.15) is 32.3 Å². The molecular weight excluding hydrogens is 280 g/mol. The van der Waals surface area contributed by atoms with Crippen LogP contribution in [0.25, 0.3) is 0 Å². The maximum atomic E-state index is 10.8. The third-order valence-electron chi connectivity index (χ3n) is 3.44. The average Bonchev–Trinajstić information content (AvgIpc) is 2.37. The van der Waals surface area contributed by atoms with Crippen LogP contribution in [0, 0.1) is 11.3 Å². The van der Waals surface area contributed by atoms with Gasteiger partial charge in [0, 0.05) is 31.4 Å². The second-order valence-electron chi connectivity index (χ2n) is 6.31. The molecule has 0 fully saturated rings. The van der Waals surface area contributed by atoms with Crippen molar-refractivity contribution in [1.82, 2.24) is 5.32 Å². The van der Waals surface area contributed by atoms with Crippen LogP contribution in [-0.2, 0) is 11.2 Å². The molecule has 0 aromatic heterocycles. The standard InChI is InChI=1S/C17H26N2O3/c1-17(2,19-16(20)21)11-14(12-22-3)10-15(18)9-13-7-5-4-6-8-13/h4-8,14,18-19H,9-12H2,1-3H3,(H,20,21). The Kier molecular flexibility index (Phi) is 7.05. The van der Waals surface area contributed by atoms with E-state index < -0.39 is 11.6 Å². The number of carboxylic acid groups (broad SMARTS) is 1. The summed E-state index contributed by atoms with van der Waals surface area (Å²) in [7, 11) is 1.63. The highest BCUT2D eigenvalue weighted by Crippen LogP contribution is 2.21. The van der Waals surface area contributed by atoms with E-state index in [1.165, 1.54) is 0 Å². The molecule has 1 aromatic rings. The van der Waals surface area contributed by atoms with E-state index in [-0.39, 0.29) is 5.92 Å². The van der Waals surface area contributed by atoms with E-state index in [2.05, 4.69) is 5.32 Å². The van der Waals surface area contributed by atoms with Crippen molar-refractivity contribution in [2.24, 2.45) is 5.92 Å². The van der Waals surface area contributed by atoms with Gasteiger partial charge in [-0.05, 0) is 38.2 Å². The number of carbonyl (C=O) groups is 1. The number of benzene rings is 1. The van der Waals surface area contributed by atoms with Gasteiger partial charge < -0.3 is 20.6 Å². The first kappa shape index (κ1) is 18.2. The highest BCUT2D eigenvalue weighted by molar-refractivity contribution is 5.83. The van der Waals surface area contributed by atoms with E-state index >= 15 is 0 Å². The summed E-state index contributed by atoms with van der Waals surface area (Å²) in [5, 5.41) is 19.6. The molecule has 0 aliphatic rings.